The molecule has 2 aromatic carbocycles. The zero-order valence-electron chi connectivity index (χ0n) is 12.5. The van der Waals surface area contributed by atoms with Gasteiger partial charge in [0.05, 0.1) is 10.6 Å². The van der Waals surface area contributed by atoms with Gasteiger partial charge in [0.2, 0.25) is 11.7 Å². The number of amides is 1. The molecule has 5 nitrogen and oxygen atoms in total. The van der Waals surface area contributed by atoms with Crippen LogP contribution in [-0.4, -0.2) is 22.6 Å². The molecular weight excluding hydrogens is 333 g/mol. The number of benzene rings is 2. The van der Waals surface area contributed by atoms with Crippen LogP contribution in [0.2, 0.25) is 5.02 Å². The Kier molecular flexibility index (Phi) is 4.86. The van der Waals surface area contributed by atoms with Gasteiger partial charge in [0.25, 0.3) is 5.91 Å². The molecule has 1 aromatic heterocycles. The minimum Gasteiger partial charge on any atom is -0.351 e. The summed E-state index contributed by atoms with van der Waals surface area (Å²) in [5.74, 6) is -0.382. The molecule has 1 heterocycles. The quantitative estimate of drug-likeness (QED) is 0.768. The Bertz CT molecular complexity index is 832. The molecule has 0 unspecified atom stereocenters. The van der Waals surface area contributed by atoms with Gasteiger partial charge in [-0.1, -0.05) is 53.2 Å². The van der Waals surface area contributed by atoms with Gasteiger partial charge in [0.1, 0.15) is 5.82 Å². The van der Waals surface area contributed by atoms with Gasteiger partial charge in [-0.3, -0.25) is 4.79 Å². The lowest BCUT2D eigenvalue weighted by Crippen LogP contribution is -2.27. The van der Waals surface area contributed by atoms with Crippen LogP contribution in [0.5, 0.6) is 0 Å². The maximum Gasteiger partial charge on any atom is 0.255 e. The van der Waals surface area contributed by atoms with Crippen LogP contribution in [-0.2, 0) is 6.42 Å². The summed E-state index contributed by atoms with van der Waals surface area (Å²) in [6.45, 7) is 0.222. The lowest BCUT2D eigenvalue weighted by Gasteiger charge is -2.06. The highest BCUT2D eigenvalue weighted by Gasteiger charge is 2.15. The zero-order chi connectivity index (χ0) is 16.9. The van der Waals surface area contributed by atoms with Gasteiger partial charge >= 0.3 is 0 Å². The Labute approximate surface area is 142 Å². The van der Waals surface area contributed by atoms with E-state index in [9.17, 15) is 9.18 Å². The molecule has 1 amide bonds. The number of carbonyl (C=O) groups is 1. The highest BCUT2D eigenvalue weighted by molar-refractivity contribution is 6.33. The summed E-state index contributed by atoms with van der Waals surface area (Å²) in [5, 5.41) is 6.54. The van der Waals surface area contributed by atoms with E-state index in [1.165, 1.54) is 18.2 Å². The summed E-state index contributed by atoms with van der Waals surface area (Å²) in [7, 11) is 0. The smallest absolute Gasteiger partial charge is 0.255 e. The Morgan fingerprint density at radius 2 is 1.96 bits per heavy atom. The van der Waals surface area contributed by atoms with Crippen molar-refractivity contribution in [2.75, 3.05) is 6.54 Å². The molecule has 24 heavy (non-hydrogen) atoms. The molecule has 122 valence electrons. The summed E-state index contributed by atoms with van der Waals surface area (Å²) in [6.07, 6.45) is 0.331. The van der Waals surface area contributed by atoms with Crippen LogP contribution in [0.4, 0.5) is 4.39 Å². The number of nitrogens with zero attached hydrogens (tertiary/aromatic N) is 2. The van der Waals surface area contributed by atoms with Gasteiger partial charge in [0, 0.05) is 18.5 Å². The first-order valence-corrected chi connectivity index (χ1v) is 7.63. The van der Waals surface area contributed by atoms with Crippen molar-refractivity contribution in [1.29, 1.82) is 0 Å². The van der Waals surface area contributed by atoms with Crippen molar-refractivity contribution in [3.8, 4) is 11.4 Å². The molecule has 0 atom stereocenters. The minimum atomic E-state index is -0.663. The predicted octanol–water partition coefficient (Wildman–Crippen LogP) is 3.50. The molecule has 0 bridgehead atoms. The number of hydrogen-bond acceptors (Lipinski definition) is 4. The standard InChI is InChI=1S/C17H13ClFN3O2/c18-12-7-4-8-13(19)15(12)17(23)20-10-9-14-21-16(22-24-14)11-5-2-1-3-6-11/h1-8H,9-10H2,(H,20,23). The molecule has 0 saturated heterocycles. The van der Waals surface area contributed by atoms with E-state index >= 15 is 0 Å². The number of halogens is 2. The van der Waals surface area contributed by atoms with Crippen LogP contribution in [0.1, 0.15) is 16.2 Å². The van der Waals surface area contributed by atoms with Gasteiger partial charge in [-0.25, -0.2) is 4.39 Å². The van der Waals surface area contributed by atoms with Crippen LogP contribution in [0, 0.1) is 5.82 Å². The number of aromatic nitrogens is 2. The molecule has 3 rings (SSSR count). The van der Waals surface area contributed by atoms with E-state index in [0.717, 1.165) is 5.56 Å². The minimum absolute atomic E-state index is 0.0663. The van der Waals surface area contributed by atoms with Gasteiger partial charge in [0.15, 0.2) is 0 Å². The van der Waals surface area contributed by atoms with Crippen LogP contribution in [0.15, 0.2) is 53.1 Å². The first-order valence-electron chi connectivity index (χ1n) is 7.25. The number of carbonyl (C=O) groups excluding carboxylic acids is 1. The molecule has 0 spiro atoms. The Hall–Kier alpha value is -2.73. The fourth-order valence-corrected chi connectivity index (χ4v) is 2.40. The molecular formula is C17H13ClFN3O2. The fraction of sp³-hybridized carbons (Fsp3) is 0.118. The van der Waals surface area contributed by atoms with E-state index in [0.29, 0.717) is 18.1 Å². The maximum atomic E-state index is 13.7. The van der Waals surface area contributed by atoms with Crippen molar-refractivity contribution in [2.24, 2.45) is 0 Å². The van der Waals surface area contributed by atoms with Crippen LogP contribution in [0.25, 0.3) is 11.4 Å². The Balaban J connectivity index is 1.59. The first-order chi connectivity index (χ1) is 11.6. The molecule has 0 saturated carbocycles. The highest BCUT2D eigenvalue weighted by Crippen LogP contribution is 2.18. The van der Waals surface area contributed by atoms with Crippen LogP contribution in [0.3, 0.4) is 0 Å². The van der Waals surface area contributed by atoms with E-state index in [-0.39, 0.29) is 17.1 Å². The fourth-order valence-electron chi connectivity index (χ4n) is 2.15. The molecule has 0 aliphatic heterocycles. The highest BCUT2D eigenvalue weighted by atomic mass is 35.5. The van der Waals surface area contributed by atoms with E-state index in [1.54, 1.807) is 0 Å². The first kappa shape index (κ1) is 16.1. The molecule has 0 fully saturated rings. The molecule has 1 N–H and O–H groups in total. The van der Waals surface area contributed by atoms with Gasteiger partial charge in [-0.05, 0) is 12.1 Å². The van der Waals surface area contributed by atoms with Crippen molar-refractivity contribution in [3.63, 3.8) is 0 Å². The summed E-state index contributed by atoms with van der Waals surface area (Å²) in [6, 6.07) is 13.5. The third-order valence-electron chi connectivity index (χ3n) is 3.31. The monoisotopic (exact) mass is 345 g/mol. The maximum absolute atomic E-state index is 13.7. The largest absolute Gasteiger partial charge is 0.351 e. The lowest BCUT2D eigenvalue weighted by atomic mass is 10.2. The average Bonchev–Trinajstić information content (AvgIpc) is 3.04. The second-order valence-corrected chi connectivity index (χ2v) is 5.39. The molecule has 7 heteroatoms. The van der Waals surface area contributed by atoms with E-state index in [1.807, 2.05) is 30.3 Å². The third kappa shape index (κ3) is 3.60. The van der Waals surface area contributed by atoms with Crippen LogP contribution < -0.4 is 5.32 Å². The van der Waals surface area contributed by atoms with E-state index < -0.39 is 11.7 Å². The van der Waals surface area contributed by atoms with Crippen molar-refractivity contribution in [3.05, 3.63) is 70.8 Å². The molecule has 0 aliphatic rings. The van der Waals surface area contributed by atoms with E-state index in [4.69, 9.17) is 16.1 Å². The normalized spacial score (nSPS) is 10.6. The van der Waals surface area contributed by atoms with Crippen molar-refractivity contribution < 1.29 is 13.7 Å². The van der Waals surface area contributed by atoms with Gasteiger partial charge < -0.3 is 9.84 Å². The van der Waals surface area contributed by atoms with Crippen LogP contribution >= 0.6 is 11.6 Å². The summed E-state index contributed by atoms with van der Waals surface area (Å²) >= 11 is 5.85. The number of rotatable bonds is 5. The Morgan fingerprint density at radius 3 is 2.71 bits per heavy atom. The molecule has 0 radical (unpaired) electrons. The predicted molar refractivity (Wildman–Crippen MR) is 87.2 cm³/mol. The van der Waals surface area contributed by atoms with E-state index in [2.05, 4.69) is 15.5 Å². The van der Waals surface area contributed by atoms with Gasteiger partial charge in [-0.15, -0.1) is 0 Å². The third-order valence-corrected chi connectivity index (χ3v) is 3.63. The molecule has 0 aliphatic carbocycles. The Morgan fingerprint density at radius 1 is 1.17 bits per heavy atom. The van der Waals surface area contributed by atoms with Crippen molar-refractivity contribution >= 4 is 17.5 Å². The SMILES string of the molecule is O=C(NCCc1nc(-c2ccccc2)no1)c1c(F)cccc1Cl. The average molecular weight is 346 g/mol. The molecule has 3 aromatic rings. The second-order valence-electron chi connectivity index (χ2n) is 4.98. The summed E-state index contributed by atoms with van der Waals surface area (Å²) in [4.78, 5) is 16.3. The summed E-state index contributed by atoms with van der Waals surface area (Å²) in [5.41, 5.74) is 0.671. The lowest BCUT2D eigenvalue weighted by molar-refractivity contribution is 0.0949. The number of hydrogen-bond donors (Lipinski definition) is 1. The zero-order valence-corrected chi connectivity index (χ0v) is 13.3. The number of nitrogens with one attached hydrogen (secondary N) is 1. The topological polar surface area (TPSA) is 68.0 Å². The van der Waals surface area contributed by atoms with Crippen molar-refractivity contribution in [2.45, 2.75) is 6.42 Å². The summed E-state index contributed by atoms with van der Waals surface area (Å²) < 4.78 is 18.8. The van der Waals surface area contributed by atoms with Gasteiger partial charge in [-0.2, -0.15) is 4.98 Å². The second kappa shape index (κ2) is 7.23. The van der Waals surface area contributed by atoms with Crippen molar-refractivity contribution in [1.82, 2.24) is 15.5 Å².